The lowest BCUT2D eigenvalue weighted by Gasteiger charge is -1.96. The molecule has 0 aliphatic heterocycles. The van der Waals surface area contributed by atoms with Gasteiger partial charge in [-0.2, -0.15) is 5.26 Å². The zero-order chi connectivity index (χ0) is 7.28. The SMILES string of the molecule is C=C(C#N)C[C@H](O)C=O. The van der Waals surface area contributed by atoms with Crippen LogP contribution in [0.25, 0.3) is 0 Å². The van der Waals surface area contributed by atoms with Crippen molar-refractivity contribution < 1.29 is 9.90 Å². The predicted octanol–water partition coefficient (Wildman–Crippen LogP) is 0.0161. The molecule has 0 rings (SSSR count). The predicted molar refractivity (Wildman–Crippen MR) is 31.4 cm³/mol. The van der Waals surface area contributed by atoms with Crippen LogP contribution in [0.1, 0.15) is 6.42 Å². The highest BCUT2D eigenvalue weighted by Gasteiger charge is 2.01. The van der Waals surface area contributed by atoms with Gasteiger partial charge in [-0.3, -0.25) is 0 Å². The van der Waals surface area contributed by atoms with E-state index in [4.69, 9.17) is 10.4 Å². The van der Waals surface area contributed by atoms with Crippen LogP contribution in [0.2, 0.25) is 0 Å². The van der Waals surface area contributed by atoms with Crippen LogP contribution in [0.15, 0.2) is 12.2 Å². The van der Waals surface area contributed by atoms with Gasteiger partial charge in [0.2, 0.25) is 0 Å². The van der Waals surface area contributed by atoms with E-state index in [0.29, 0.717) is 6.29 Å². The third kappa shape index (κ3) is 3.44. The van der Waals surface area contributed by atoms with Crippen LogP contribution < -0.4 is 0 Å². The molecule has 3 nitrogen and oxygen atoms in total. The highest BCUT2D eigenvalue weighted by Crippen LogP contribution is 1.97. The van der Waals surface area contributed by atoms with E-state index >= 15 is 0 Å². The van der Waals surface area contributed by atoms with Gasteiger partial charge in [0.1, 0.15) is 12.4 Å². The number of aldehydes is 1. The van der Waals surface area contributed by atoms with Crippen molar-refractivity contribution in [3.63, 3.8) is 0 Å². The lowest BCUT2D eigenvalue weighted by molar-refractivity contribution is -0.114. The van der Waals surface area contributed by atoms with Crippen LogP contribution in [0, 0.1) is 11.3 Å². The lowest BCUT2D eigenvalue weighted by Crippen LogP contribution is -2.07. The molecule has 1 atom stereocenters. The summed E-state index contributed by atoms with van der Waals surface area (Å²) in [5, 5.41) is 16.7. The maximum absolute atomic E-state index is 9.76. The van der Waals surface area contributed by atoms with Gasteiger partial charge in [0, 0.05) is 12.0 Å². The third-order valence-corrected chi connectivity index (χ3v) is 0.771. The zero-order valence-corrected chi connectivity index (χ0v) is 4.87. The molecular formula is C6H7NO2. The lowest BCUT2D eigenvalue weighted by atomic mass is 10.2. The standard InChI is InChI=1S/C6H7NO2/c1-5(3-7)2-6(9)4-8/h4,6,9H,1-2H2/t6-/m0/s1. The Bertz CT molecular complexity index is 157. The Morgan fingerprint density at radius 3 is 2.89 bits per heavy atom. The molecule has 0 aromatic heterocycles. The fourth-order valence-electron chi connectivity index (χ4n) is 0.346. The Hall–Kier alpha value is -1.14. The molecule has 0 aliphatic carbocycles. The van der Waals surface area contributed by atoms with Crippen LogP contribution in [0.3, 0.4) is 0 Å². The summed E-state index contributed by atoms with van der Waals surface area (Å²) in [4.78, 5) is 9.76. The van der Waals surface area contributed by atoms with E-state index in [1.165, 1.54) is 0 Å². The van der Waals surface area contributed by atoms with Crippen molar-refractivity contribution in [2.45, 2.75) is 12.5 Å². The molecule has 48 valence electrons. The normalized spacial score (nSPS) is 11.6. The van der Waals surface area contributed by atoms with Crippen LogP contribution in [-0.2, 0) is 4.79 Å². The number of carbonyl (C=O) groups is 1. The minimum Gasteiger partial charge on any atom is -0.385 e. The molecule has 0 radical (unpaired) electrons. The third-order valence-electron chi connectivity index (χ3n) is 0.771. The van der Waals surface area contributed by atoms with E-state index in [-0.39, 0.29) is 12.0 Å². The van der Waals surface area contributed by atoms with Crippen LogP contribution in [0.5, 0.6) is 0 Å². The van der Waals surface area contributed by atoms with Crippen molar-refractivity contribution in [1.82, 2.24) is 0 Å². The highest BCUT2D eigenvalue weighted by molar-refractivity contribution is 5.56. The Morgan fingerprint density at radius 2 is 2.56 bits per heavy atom. The van der Waals surface area contributed by atoms with Crippen molar-refractivity contribution in [2.75, 3.05) is 0 Å². The van der Waals surface area contributed by atoms with Gasteiger partial charge in [0.25, 0.3) is 0 Å². The maximum Gasteiger partial charge on any atom is 0.148 e. The molecule has 0 aliphatic rings. The summed E-state index contributed by atoms with van der Waals surface area (Å²) in [5.41, 5.74) is 0.217. The van der Waals surface area contributed by atoms with Gasteiger partial charge >= 0.3 is 0 Å². The Labute approximate surface area is 53.2 Å². The van der Waals surface area contributed by atoms with E-state index in [9.17, 15) is 4.79 Å². The number of aliphatic hydroxyl groups excluding tert-OH is 1. The summed E-state index contributed by atoms with van der Waals surface area (Å²) in [6.45, 7) is 3.28. The Kier molecular flexibility index (Phi) is 3.33. The molecular weight excluding hydrogens is 118 g/mol. The van der Waals surface area contributed by atoms with Crippen molar-refractivity contribution in [1.29, 1.82) is 5.26 Å². The average molecular weight is 125 g/mol. The molecule has 0 spiro atoms. The summed E-state index contributed by atoms with van der Waals surface area (Å²) in [6, 6.07) is 1.72. The van der Waals surface area contributed by atoms with Crippen molar-refractivity contribution in [3.05, 3.63) is 12.2 Å². The van der Waals surface area contributed by atoms with Gasteiger partial charge in [-0.05, 0) is 0 Å². The number of carbonyl (C=O) groups excluding carboxylic acids is 1. The maximum atomic E-state index is 9.76. The largest absolute Gasteiger partial charge is 0.385 e. The summed E-state index contributed by atoms with van der Waals surface area (Å²) in [5.74, 6) is 0. The minimum absolute atomic E-state index is 0.0417. The molecule has 0 aromatic carbocycles. The summed E-state index contributed by atoms with van der Waals surface area (Å²) >= 11 is 0. The second-order valence-electron chi connectivity index (χ2n) is 1.62. The molecule has 9 heavy (non-hydrogen) atoms. The number of hydrogen-bond acceptors (Lipinski definition) is 3. The molecule has 0 aromatic rings. The number of rotatable bonds is 3. The average Bonchev–Trinajstić information content (AvgIpc) is 1.87. The fraction of sp³-hybridized carbons (Fsp3) is 0.333. The molecule has 0 saturated carbocycles. The Morgan fingerprint density at radius 1 is 2.00 bits per heavy atom. The summed E-state index contributed by atoms with van der Waals surface area (Å²) in [7, 11) is 0. The number of nitrogens with zero attached hydrogens (tertiary/aromatic N) is 1. The molecule has 0 unspecified atom stereocenters. The van der Waals surface area contributed by atoms with Gasteiger partial charge in [0.15, 0.2) is 0 Å². The minimum atomic E-state index is -1.07. The molecule has 0 bridgehead atoms. The van der Waals surface area contributed by atoms with Crippen molar-refractivity contribution in [3.8, 4) is 6.07 Å². The van der Waals surface area contributed by atoms with Gasteiger partial charge in [-0.1, -0.05) is 6.58 Å². The summed E-state index contributed by atoms with van der Waals surface area (Å²) < 4.78 is 0. The van der Waals surface area contributed by atoms with Gasteiger partial charge < -0.3 is 9.90 Å². The summed E-state index contributed by atoms with van der Waals surface area (Å²) in [6.07, 6.45) is -0.653. The van der Waals surface area contributed by atoms with E-state index in [1.807, 2.05) is 0 Å². The first kappa shape index (κ1) is 7.86. The second-order valence-corrected chi connectivity index (χ2v) is 1.62. The van der Waals surface area contributed by atoms with Crippen LogP contribution in [0.4, 0.5) is 0 Å². The molecule has 1 N–H and O–H groups in total. The van der Waals surface area contributed by atoms with Gasteiger partial charge in [-0.15, -0.1) is 0 Å². The number of nitriles is 1. The molecule has 3 heteroatoms. The van der Waals surface area contributed by atoms with E-state index in [0.717, 1.165) is 0 Å². The van der Waals surface area contributed by atoms with E-state index < -0.39 is 6.10 Å². The molecule has 0 fully saturated rings. The highest BCUT2D eigenvalue weighted by atomic mass is 16.3. The number of aliphatic hydroxyl groups is 1. The van der Waals surface area contributed by atoms with Crippen LogP contribution in [-0.4, -0.2) is 17.5 Å². The monoisotopic (exact) mass is 125 g/mol. The molecule has 0 saturated heterocycles. The first-order valence-corrected chi connectivity index (χ1v) is 2.42. The number of hydrogen-bond donors (Lipinski definition) is 1. The fourth-order valence-corrected chi connectivity index (χ4v) is 0.346. The van der Waals surface area contributed by atoms with Crippen molar-refractivity contribution in [2.24, 2.45) is 0 Å². The van der Waals surface area contributed by atoms with Gasteiger partial charge in [-0.25, -0.2) is 0 Å². The topological polar surface area (TPSA) is 61.1 Å². The zero-order valence-electron chi connectivity index (χ0n) is 4.87. The second kappa shape index (κ2) is 3.81. The molecule has 0 amide bonds. The first-order chi connectivity index (χ1) is 4.20. The molecule has 0 heterocycles. The van der Waals surface area contributed by atoms with E-state index in [1.54, 1.807) is 6.07 Å². The first-order valence-electron chi connectivity index (χ1n) is 2.42. The quantitative estimate of drug-likeness (QED) is 0.427. The smallest absolute Gasteiger partial charge is 0.148 e. The van der Waals surface area contributed by atoms with Crippen molar-refractivity contribution >= 4 is 6.29 Å². The van der Waals surface area contributed by atoms with Crippen LogP contribution >= 0.6 is 0 Å². The Balaban J connectivity index is 3.62. The van der Waals surface area contributed by atoms with E-state index in [2.05, 4.69) is 6.58 Å². The van der Waals surface area contributed by atoms with Gasteiger partial charge in [0.05, 0.1) is 6.07 Å².